The van der Waals surface area contributed by atoms with Crippen molar-refractivity contribution in [3.8, 4) is 0 Å². The Labute approximate surface area is 68.3 Å². The molecule has 64 valence electrons. The van der Waals surface area contributed by atoms with Gasteiger partial charge in [0.15, 0.2) is 0 Å². The highest BCUT2D eigenvalue weighted by Crippen LogP contribution is 2.41. The molecule has 1 aliphatic carbocycles. The van der Waals surface area contributed by atoms with Gasteiger partial charge in [0.2, 0.25) is 0 Å². The van der Waals surface area contributed by atoms with E-state index in [4.69, 9.17) is 4.74 Å². The van der Waals surface area contributed by atoms with Gasteiger partial charge in [-0.1, -0.05) is 13.3 Å². The Morgan fingerprint density at radius 2 is 2.18 bits per heavy atom. The molecule has 2 nitrogen and oxygen atoms in total. The summed E-state index contributed by atoms with van der Waals surface area (Å²) in [5.74, 6) is 1.89. The molecule has 11 heavy (non-hydrogen) atoms. The minimum Gasteiger partial charge on any atom is -0.375 e. The number of hydrogen-bond donors (Lipinski definition) is 1. The number of rotatable bonds is 4. The van der Waals surface area contributed by atoms with Crippen molar-refractivity contribution in [1.82, 2.24) is 5.32 Å². The fourth-order valence-corrected chi connectivity index (χ4v) is 1.65. The SMILES string of the molecule is CC[C@@H]1C[C@H]1COC1CNC1. The average molecular weight is 155 g/mol. The van der Waals surface area contributed by atoms with E-state index in [0.29, 0.717) is 6.10 Å². The molecule has 2 rings (SSSR count). The minimum atomic E-state index is 0.535. The lowest BCUT2D eigenvalue weighted by atomic mass is 10.2. The van der Waals surface area contributed by atoms with Crippen molar-refractivity contribution in [1.29, 1.82) is 0 Å². The van der Waals surface area contributed by atoms with Crippen LogP contribution in [-0.2, 0) is 4.74 Å². The largest absolute Gasteiger partial charge is 0.375 e. The zero-order valence-electron chi connectivity index (χ0n) is 7.18. The molecule has 2 fully saturated rings. The van der Waals surface area contributed by atoms with Gasteiger partial charge in [0.25, 0.3) is 0 Å². The molecule has 1 saturated carbocycles. The molecule has 1 saturated heterocycles. The van der Waals surface area contributed by atoms with Gasteiger partial charge in [0.1, 0.15) is 0 Å². The van der Waals surface area contributed by atoms with Crippen LogP contribution in [0.25, 0.3) is 0 Å². The van der Waals surface area contributed by atoms with Crippen molar-refractivity contribution in [3.63, 3.8) is 0 Å². The molecule has 0 aromatic rings. The third-order valence-electron chi connectivity index (χ3n) is 2.88. The molecule has 0 bridgehead atoms. The maximum absolute atomic E-state index is 5.67. The van der Waals surface area contributed by atoms with Gasteiger partial charge in [-0.3, -0.25) is 0 Å². The molecule has 2 atom stereocenters. The van der Waals surface area contributed by atoms with Crippen LogP contribution in [0.5, 0.6) is 0 Å². The molecule has 0 spiro atoms. The predicted molar refractivity (Wildman–Crippen MR) is 44.5 cm³/mol. The van der Waals surface area contributed by atoms with Crippen molar-refractivity contribution in [3.05, 3.63) is 0 Å². The van der Waals surface area contributed by atoms with Gasteiger partial charge in [-0.15, -0.1) is 0 Å². The van der Waals surface area contributed by atoms with E-state index in [1.54, 1.807) is 0 Å². The van der Waals surface area contributed by atoms with Crippen LogP contribution in [0.4, 0.5) is 0 Å². The van der Waals surface area contributed by atoms with Gasteiger partial charge in [0, 0.05) is 13.1 Å². The smallest absolute Gasteiger partial charge is 0.0823 e. The molecule has 1 heterocycles. The molecule has 1 N–H and O–H groups in total. The van der Waals surface area contributed by atoms with Crippen LogP contribution in [0.15, 0.2) is 0 Å². The van der Waals surface area contributed by atoms with Gasteiger partial charge in [-0.05, 0) is 18.3 Å². The zero-order chi connectivity index (χ0) is 7.68. The molecular weight excluding hydrogens is 138 g/mol. The Morgan fingerprint density at radius 1 is 1.36 bits per heavy atom. The molecule has 0 unspecified atom stereocenters. The molecule has 1 aliphatic heterocycles. The van der Waals surface area contributed by atoms with Gasteiger partial charge in [-0.25, -0.2) is 0 Å². The Hall–Kier alpha value is -0.0800. The van der Waals surface area contributed by atoms with E-state index >= 15 is 0 Å². The van der Waals surface area contributed by atoms with Crippen molar-refractivity contribution in [2.45, 2.75) is 25.9 Å². The summed E-state index contributed by atoms with van der Waals surface area (Å²) in [5, 5.41) is 3.21. The van der Waals surface area contributed by atoms with Gasteiger partial charge >= 0.3 is 0 Å². The van der Waals surface area contributed by atoms with Gasteiger partial charge in [-0.2, -0.15) is 0 Å². The summed E-state index contributed by atoms with van der Waals surface area (Å²) >= 11 is 0. The first kappa shape index (κ1) is 7.56. The zero-order valence-corrected chi connectivity index (χ0v) is 7.18. The standard InChI is InChI=1S/C9H17NO/c1-2-7-3-8(7)6-11-9-4-10-5-9/h7-10H,2-6H2,1H3/t7-,8+/m1/s1. The van der Waals surface area contributed by atoms with Crippen molar-refractivity contribution < 1.29 is 4.74 Å². The number of ether oxygens (including phenoxy) is 1. The third kappa shape index (κ3) is 1.74. The lowest BCUT2D eigenvalue weighted by Crippen LogP contribution is -2.48. The van der Waals surface area contributed by atoms with E-state index in [1.165, 1.54) is 12.8 Å². The van der Waals surface area contributed by atoms with Crippen LogP contribution in [0.2, 0.25) is 0 Å². The second-order valence-corrected chi connectivity index (χ2v) is 3.78. The highest BCUT2D eigenvalue weighted by Gasteiger charge is 2.36. The molecule has 2 aliphatic rings. The van der Waals surface area contributed by atoms with Crippen LogP contribution in [0, 0.1) is 11.8 Å². The van der Waals surface area contributed by atoms with Crippen LogP contribution in [0.3, 0.4) is 0 Å². The average Bonchev–Trinajstić information content (AvgIpc) is 2.64. The molecule has 0 aromatic heterocycles. The molecule has 2 heteroatoms. The summed E-state index contributed by atoms with van der Waals surface area (Å²) in [6.45, 7) is 5.44. The van der Waals surface area contributed by atoms with Gasteiger partial charge in [0.05, 0.1) is 12.7 Å². The Kier molecular flexibility index (Phi) is 2.14. The first-order valence-electron chi connectivity index (χ1n) is 4.72. The highest BCUT2D eigenvalue weighted by atomic mass is 16.5. The maximum Gasteiger partial charge on any atom is 0.0823 e. The number of nitrogens with one attached hydrogen (secondary N) is 1. The van der Waals surface area contributed by atoms with E-state index in [2.05, 4.69) is 12.2 Å². The summed E-state index contributed by atoms with van der Waals surface area (Å²) in [6.07, 6.45) is 3.29. The Bertz CT molecular complexity index is 134. The first-order chi connectivity index (χ1) is 5.40. The van der Waals surface area contributed by atoms with E-state index in [1.807, 2.05) is 0 Å². The van der Waals surface area contributed by atoms with Crippen LogP contribution >= 0.6 is 0 Å². The fraction of sp³-hybridized carbons (Fsp3) is 1.00. The maximum atomic E-state index is 5.67. The first-order valence-corrected chi connectivity index (χ1v) is 4.72. The topological polar surface area (TPSA) is 21.3 Å². The highest BCUT2D eigenvalue weighted by molar-refractivity contribution is 4.86. The van der Waals surface area contributed by atoms with E-state index < -0.39 is 0 Å². The Balaban J connectivity index is 1.54. The molecular formula is C9H17NO. The molecule has 0 amide bonds. The number of hydrogen-bond acceptors (Lipinski definition) is 2. The molecule has 0 radical (unpaired) electrons. The summed E-state index contributed by atoms with van der Waals surface area (Å²) in [5.41, 5.74) is 0. The fourth-order valence-electron chi connectivity index (χ4n) is 1.65. The van der Waals surface area contributed by atoms with Crippen LogP contribution in [-0.4, -0.2) is 25.8 Å². The Morgan fingerprint density at radius 3 is 2.64 bits per heavy atom. The lowest BCUT2D eigenvalue weighted by Gasteiger charge is -2.27. The van der Waals surface area contributed by atoms with Crippen molar-refractivity contribution in [2.24, 2.45) is 11.8 Å². The van der Waals surface area contributed by atoms with Gasteiger partial charge < -0.3 is 10.1 Å². The summed E-state index contributed by atoms with van der Waals surface area (Å²) in [4.78, 5) is 0. The van der Waals surface area contributed by atoms with E-state index in [0.717, 1.165) is 31.5 Å². The summed E-state index contributed by atoms with van der Waals surface area (Å²) in [7, 11) is 0. The quantitative estimate of drug-likeness (QED) is 0.654. The second-order valence-electron chi connectivity index (χ2n) is 3.78. The second kappa shape index (κ2) is 3.11. The third-order valence-corrected chi connectivity index (χ3v) is 2.88. The van der Waals surface area contributed by atoms with Crippen LogP contribution in [0.1, 0.15) is 19.8 Å². The summed E-state index contributed by atoms with van der Waals surface area (Å²) in [6, 6.07) is 0. The normalized spacial score (nSPS) is 36.8. The van der Waals surface area contributed by atoms with Crippen LogP contribution < -0.4 is 5.32 Å². The minimum absolute atomic E-state index is 0.535. The monoisotopic (exact) mass is 155 g/mol. The lowest BCUT2D eigenvalue weighted by molar-refractivity contribution is 0.0111. The molecule has 0 aromatic carbocycles. The predicted octanol–water partition coefficient (Wildman–Crippen LogP) is 1.02. The van der Waals surface area contributed by atoms with Crippen molar-refractivity contribution in [2.75, 3.05) is 19.7 Å². The van der Waals surface area contributed by atoms with E-state index in [-0.39, 0.29) is 0 Å². The van der Waals surface area contributed by atoms with E-state index in [9.17, 15) is 0 Å². The van der Waals surface area contributed by atoms with Crippen molar-refractivity contribution >= 4 is 0 Å². The summed E-state index contributed by atoms with van der Waals surface area (Å²) < 4.78 is 5.67.